The molecule has 0 aromatic carbocycles. The minimum absolute atomic E-state index is 0.215. The van der Waals surface area contributed by atoms with Crippen LogP contribution in [0.15, 0.2) is 0 Å². The third kappa shape index (κ3) is 2.82. The lowest BCUT2D eigenvalue weighted by Crippen LogP contribution is -2.50. The monoisotopic (exact) mass is 227 g/mol. The van der Waals surface area contributed by atoms with Gasteiger partial charge in [0.2, 0.25) is 0 Å². The Morgan fingerprint density at radius 2 is 2.27 bits per heavy atom. The highest BCUT2D eigenvalue weighted by atomic mass is 19.4. The molecule has 7 heteroatoms. The Kier molecular flexibility index (Phi) is 3.25. The summed E-state index contributed by atoms with van der Waals surface area (Å²) in [6.45, 7) is 1.37. The van der Waals surface area contributed by atoms with Crippen molar-refractivity contribution in [1.82, 2.24) is 5.32 Å². The molecular weight excluding hydrogens is 215 g/mol. The van der Waals surface area contributed by atoms with Crippen LogP contribution in [-0.2, 0) is 9.53 Å². The molecule has 1 aliphatic rings. The fourth-order valence-electron chi connectivity index (χ4n) is 1.34. The highest BCUT2D eigenvalue weighted by Crippen LogP contribution is 2.25. The molecule has 0 aromatic heterocycles. The molecule has 2 atom stereocenters. The lowest BCUT2D eigenvalue weighted by Gasteiger charge is -2.26. The fourth-order valence-corrected chi connectivity index (χ4v) is 1.34. The van der Waals surface area contributed by atoms with E-state index in [4.69, 9.17) is 4.74 Å². The third-order valence-corrected chi connectivity index (χ3v) is 2.47. The van der Waals surface area contributed by atoms with Gasteiger partial charge >= 0.3 is 12.1 Å². The van der Waals surface area contributed by atoms with E-state index in [1.807, 2.05) is 0 Å². The van der Waals surface area contributed by atoms with Gasteiger partial charge < -0.3 is 15.2 Å². The van der Waals surface area contributed by atoms with Gasteiger partial charge in [0.15, 0.2) is 0 Å². The topological polar surface area (TPSA) is 58.6 Å². The number of hydrogen-bond donors (Lipinski definition) is 2. The van der Waals surface area contributed by atoms with Crippen molar-refractivity contribution in [2.45, 2.75) is 31.2 Å². The average Bonchev–Trinajstić information content (AvgIpc) is 2.42. The first-order chi connectivity index (χ1) is 6.76. The molecular formula is C8H12F3NO3. The summed E-state index contributed by atoms with van der Waals surface area (Å²) < 4.78 is 40.5. The summed E-state index contributed by atoms with van der Waals surface area (Å²) in [7, 11) is 0. The molecule has 0 spiro atoms. The van der Waals surface area contributed by atoms with Gasteiger partial charge in [-0.25, -0.2) is 0 Å². The Bertz CT molecular complexity index is 256. The fraction of sp³-hybridized carbons (Fsp3) is 0.875. The summed E-state index contributed by atoms with van der Waals surface area (Å²) in [5, 5.41) is 11.4. The number of hydrogen-bond acceptors (Lipinski definition) is 3. The van der Waals surface area contributed by atoms with Crippen molar-refractivity contribution in [3.63, 3.8) is 0 Å². The molecule has 1 aliphatic heterocycles. The number of ether oxygens (including phenoxy) is 1. The molecule has 4 nitrogen and oxygen atoms in total. The van der Waals surface area contributed by atoms with Crippen LogP contribution in [0.4, 0.5) is 13.2 Å². The molecule has 1 heterocycles. The van der Waals surface area contributed by atoms with Crippen LogP contribution in [0, 0.1) is 0 Å². The largest absolute Gasteiger partial charge is 0.471 e. The van der Waals surface area contributed by atoms with Gasteiger partial charge in [0.1, 0.15) is 5.60 Å². The van der Waals surface area contributed by atoms with Gasteiger partial charge in [0, 0.05) is 19.6 Å². The van der Waals surface area contributed by atoms with Crippen LogP contribution >= 0.6 is 0 Å². The molecule has 0 bridgehead atoms. The van der Waals surface area contributed by atoms with E-state index in [-0.39, 0.29) is 13.0 Å². The minimum Gasteiger partial charge on any atom is -0.385 e. The van der Waals surface area contributed by atoms with E-state index in [1.54, 1.807) is 12.2 Å². The van der Waals surface area contributed by atoms with Gasteiger partial charge in [0.05, 0.1) is 6.10 Å². The zero-order valence-corrected chi connectivity index (χ0v) is 8.10. The van der Waals surface area contributed by atoms with E-state index < -0.39 is 30.3 Å². The summed E-state index contributed by atoms with van der Waals surface area (Å²) in [6, 6.07) is 0. The molecule has 0 saturated carbocycles. The van der Waals surface area contributed by atoms with Crippen molar-refractivity contribution in [3.8, 4) is 0 Å². The molecule has 15 heavy (non-hydrogen) atoms. The minimum atomic E-state index is -4.92. The van der Waals surface area contributed by atoms with Crippen molar-refractivity contribution in [1.29, 1.82) is 0 Å². The number of halogens is 3. The number of aliphatic hydroxyl groups is 1. The van der Waals surface area contributed by atoms with Crippen molar-refractivity contribution in [3.05, 3.63) is 0 Å². The van der Waals surface area contributed by atoms with Gasteiger partial charge in [0.25, 0.3) is 0 Å². The number of rotatable bonds is 2. The second kappa shape index (κ2) is 3.97. The molecule has 2 unspecified atom stereocenters. The number of nitrogens with one attached hydrogen (secondary N) is 1. The quantitative estimate of drug-likeness (QED) is 0.708. The average molecular weight is 227 g/mol. The third-order valence-electron chi connectivity index (χ3n) is 2.47. The van der Waals surface area contributed by atoms with Crippen molar-refractivity contribution in [2.75, 3.05) is 13.2 Å². The van der Waals surface area contributed by atoms with Crippen LogP contribution in [0.2, 0.25) is 0 Å². The molecule has 0 radical (unpaired) electrons. The molecule has 0 aromatic rings. The molecule has 88 valence electrons. The summed E-state index contributed by atoms with van der Waals surface area (Å²) >= 11 is 0. The highest BCUT2D eigenvalue weighted by Gasteiger charge is 2.43. The molecule has 1 saturated heterocycles. The van der Waals surface area contributed by atoms with E-state index >= 15 is 0 Å². The van der Waals surface area contributed by atoms with Crippen molar-refractivity contribution >= 4 is 5.91 Å². The maximum absolute atomic E-state index is 11.8. The Balaban J connectivity index is 2.47. The predicted octanol–water partition coefficient (Wildman–Crippen LogP) is 0.205. The second-order valence-electron chi connectivity index (χ2n) is 3.55. The Labute approximate surface area is 84.4 Å². The van der Waals surface area contributed by atoms with Crippen LogP contribution in [0.25, 0.3) is 0 Å². The van der Waals surface area contributed by atoms with Crippen LogP contribution in [0.3, 0.4) is 0 Å². The van der Waals surface area contributed by atoms with Crippen LogP contribution in [0.5, 0.6) is 0 Å². The zero-order chi connectivity index (χ0) is 11.7. The van der Waals surface area contributed by atoms with Crippen LogP contribution in [-0.4, -0.2) is 42.0 Å². The SMILES string of the molecule is CC1OCCC1(O)CNC(=O)C(F)(F)F. The van der Waals surface area contributed by atoms with Gasteiger partial charge in [-0.2, -0.15) is 13.2 Å². The smallest absolute Gasteiger partial charge is 0.385 e. The van der Waals surface area contributed by atoms with Gasteiger partial charge in [-0.05, 0) is 6.92 Å². The molecule has 1 fully saturated rings. The maximum atomic E-state index is 11.8. The predicted molar refractivity (Wildman–Crippen MR) is 44.0 cm³/mol. The van der Waals surface area contributed by atoms with Gasteiger partial charge in [-0.15, -0.1) is 0 Å². The number of carbonyl (C=O) groups is 1. The van der Waals surface area contributed by atoms with Crippen LogP contribution in [0.1, 0.15) is 13.3 Å². The van der Waals surface area contributed by atoms with Crippen molar-refractivity contribution < 1.29 is 27.8 Å². The van der Waals surface area contributed by atoms with E-state index in [0.29, 0.717) is 0 Å². The Hall–Kier alpha value is -0.820. The normalized spacial score (nSPS) is 31.7. The number of amides is 1. The lowest BCUT2D eigenvalue weighted by atomic mass is 9.97. The Morgan fingerprint density at radius 3 is 2.67 bits per heavy atom. The van der Waals surface area contributed by atoms with E-state index in [2.05, 4.69) is 0 Å². The number of carbonyl (C=O) groups excluding carboxylic acids is 1. The first kappa shape index (κ1) is 12.3. The van der Waals surface area contributed by atoms with E-state index in [1.165, 1.54) is 0 Å². The first-order valence-corrected chi connectivity index (χ1v) is 4.45. The second-order valence-corrected chi connectivity index (χ2v) is 3.55. The zero-order valence-electron chi connectivity index (χ0n) is 8.10. The molecule has 2 N–H and O–H groups in total. The van der Waals surface area contributed by atoms with Crippen molar-refractivity contribution in [2.24, 2.45) is 0 Å². The molecule has 0 aliphatic carbocycles. The van der Waals surface area contributed by atoms with Gasteiger partial charge in [-0.3, -0.25) is 4.79 Å². The molecule has 1 rings (SSSR count). The maximum Gasteiger partial charge on any atom is 0.471 e. The van der Waals surface area contributed by atoms with Crippen LogP contribution < -0.4 is 5.32 Å². The summed E-state index contributed by atoms with van der Waals surface area (Å²) in [5.74, 6) is -2.05. The first-order valence-electron chi connectivity index (χ1n) is 4.45. The highest BCUT2D eigenvalue weighted by molar-refractivity contribution is 5.81. The Morgan fingerprint density at radius 1 is 1.67 bits per heavy atom. The van der Waals surface area contributed by atoms with E-state index in [0.717, 1.165) is 0 Å². The molecule has 1 amide bonds. The standard InChI is InChI=1S/C8H12F3NO3/c1-5-7(14,2-3-15-5)4-12-6(13)8(9,10)11/h5,14H,2-4H2,1H3,(H,12,13). The lowest BCUT2D eigenvalue weighted by molar-refractivity contribution is -0.174. The van der Waals surface area contributed by atoms with E-state index in [9.17, 15) is 23.1 Å². The summed E-state index contributed by atoms with van der Waals surface area (Å²) in [6.07, 6.45) is -5.28. The summed E-state index contributed by atoms with van der Waals surface area (Å²) in [4.78, 5) is 10.5. The summed E-state index contributed by atoms with van der Waals surface area (Å²) in [5.41, 5.74) is -1.40. The number of alkyl halides is 3. The van der Waals surface area contributed by atoms with Gasteiger partial charge in [-0.1, -0.05) is 0 Å².